The molecule has 0 amide bonds. The molecule has 1 aliphatic rings. The number of hydrogen-bond donors (Lipinski definition) is 0. The number of benzene rings is 2. The summed E-state index contributed by atoms with van der Waals surface area (Å²) in [4.78, 5) is 25.6. The summed E-state index contributed by atoms with van der Waals surface area (Å²) >= 11 is 12.5. The summed E-state index contributed by atoms with van der Waals surface area (Å²) in [5.41, 5.74) is 1.52. The van der Waals surface area contributed by atoms with E-state index >= 15 is 0 Å². The molecule has 26 heavy (non-hydrogen) atoms. The Morgan fingerprint density at radius 3 is 2.54 bits per heavy atom. The number of carbonyl (C=O) groups excluding carboxylic acids is 2. The molecule has 0 heterocycles. The van der Waals surface area contributed by atoms with E-state index in [2.05, 4.69) is 0 Å². The molecular weight excluding hydrogens is 367 g/mol. The first-order valence-corrected chi connectivity index (χ1v) is 9.88. The lowest BCUT2D eigenvalue weighted by Gasteiger charge is -2.26. The Balaban J connectivity index is 1.95. The average molecular weight is 389 g/mol. The Labute approximate surface area is 164 Å². The van der Waals surface area contributed by atoms with Gasteiger partial charge in [-0.05, 0) is 30.5 Å². The number of halogens is 2. The minimum absolute atomic E-state index is 0.0404. The van der Waals surface area contributed by atoms with Crippen LogP contribution in [0.2, 0.25) is 10.0 Å². The minimum atomic E-state index is -0.210. The van der Waals surface area contributed by atoms with Crippen molar-refractivity contribution in [3.8, 4) is 0 Å². The third-order valence-electron chi connectivity index (χ3n) is 5.20. The fourth-order valence-electron chi connectivity index (χ4n) is 3.83. The van der Waals surface area contributed by atoms with Crippen molar-refractivity contribution in [2.24, 2.45) is 5.92 Å². The largest absolute Gasteiger partial charge is 0.299 e. The molecule has 0 N–H and O–H groups in total. The van der Waals surface area contributed by atoms with Crippen LogP contribution in [0.1, 0.15) is 60.4 Å². The predicted molar refractivity (Wildman–Crippen MR) is 106 cm³/mol. The topological polar surface area (TPSA) is 34.1 Å². The van der Waals surface area contributed by atoms with Gasteiger partial charge in [-0.25, -0.2) is 0 Å². The van der Waals surface area contributed by atoms with Crippen molar-refractivity contribution in [3.63, 3.8) is 0 Å². The molecule has 2 nitrogen and oxygen atoms in total. The molecule has 0 saturated heterocycles. The number of hydrogen-bond acceptors (Lipinski definition) is 2. The molecule has 2 aromatic carbocycles. The van der Waals surface area contributed by atoms with Crippen LogP contribution in [0, 0.1) is 5.92 Å². The van der Waals surface area contributed by atoms with Crippen molar-refractivity contribution in [1.29, 1.82) is 0 Å². The quantitative estimate of drug-likeness (QED) is 0.432. The van der Waals surface area contributed by atoms with Gasteiger partial charge < -0.3 is 0 Å². The van der Waals surface area contributed by atoms with E-state index in [4.69, 9.17) is 23.2 Å². The molecule has 2 atom stereocenters. The molecular formula is C22H22Cl2O2. The monoisotopic (exact) mass is 388 g/mol. The molecule has 0 aromatic heterocycles. The maximum Gasteiger partial charge on any atom is 0.163 e. The lowest BCUT2D eigenvalue weighted by atomic mass is 9.77. The van der Waals surface area contributed by atoms with Gasteiger partial charge in [0, 0.05) is 40.3 Å². The summed E-state index contributed by atoms with van der Waals surface area (Å²) in [6.07, 6.45) is 4.69. The molecule has 2 unspecified atom stereocenters. The van der Waals surface area contributed by atoms with Crippen molar-refractivity contribution in [2.45, 2.75) is 44.4 Å². The summed E-state index contributed by atoms with van der Waals surface area (Å²) in [6, 6.07) is 14.6. The zero-order valence-corrected chi connectivity index (χ0v) is 16.1. The molecule has 1 saturated carbocycles. The minimum Gasteiger partial charge on any atom is -0.299 e. The third kappa shape index (κ3) is 4.55. The zero-order valence-electron chi connectivity index (χ0n) is 14.6. The molecule has 136 valence electrons. The number of Topliss-reactive ketones (excluding diaryl/α,β-unsaturated/α-hetero) is 2. The number of carbonyl (C=O) groups is 2. The number of ketones is 2. The maximum atomic E-state index is 12.9. The summed E-state index contributed by atoms with van der Waals surface area (Å²) in [6.45, 7) is 0. The molecule has 0 bridgehead atoms. The van der Waals surface area contributed by atoms with Crippen molar-refractivity contribution < 1.29 is 9.59 Å². The molecule has 1 aliphatic carbocycles. The predicted octanol–water partition coefficient (Wildman–Crippen LogP) is 6.50. The molecule has 4 heteroatoms. The Hall–Kier alpha value is -1.64. The van der Waals surface area contributed by atoms with Crippen molar-refractivity contribution in [3.05, 3.63) is 69.7 Å². The number of rotatable bonds is 5. The van der Waals surface area contributed by atoms with E-state index in [9.17, 15) is 9.59 Å². The van der Waals surface area contributed by atoms with Gasteiger partial charge >= 0.3 is 0 Å². The van der Waals surface area contributed by atoms with E-state index in [1.807, 2.05) is 36.4 Å². The Morgan fingerprint density at radius 1 is 1.04 bits per heavy atom. The van der Waals surface area contributed by atoms with Crippen LogP contribution >= 0.6 is 23.2 Å². The molecule has 1 fully saturated rings. The fourth-order valence-corrected chi connectivity index (χ4v) is 4.37. The van der Waals surface area contributed by atoms with Gasteiger partial charge in [0.1, 0.15) is 5.78 Å². The fraction of sp³-hybridized carbons (Fsp3) is 0.364. The van der Waals surface area contributed by atoms with Gasteiger partial charge in [0.15, 0.2) is 5.78 Å². The van der Waals surface area contributed by atoms with E-state index in [1.165, 1.54) is 0 Å². The smallest absolute Gasteiger partial charge is 0.163 e. The highest BCUT2D eigenvalue weighted by molar-refractivity contribution is 6.35. The highest BCUT2D eigenvalue weighted by Crippen LogP contribution is 2.40. The Morgan fingerprint density at radius 2 is 1.81 bits per heavy atom. The molecule has 0 radical (unpaired) electrons. The molecule has 0 aliphatic heterocycles. The standard InChI is InChI=1S/C22H22Cl2O2/c23-16-11-12-17(20(24)13-16)19(18-9-5-2-6-10-21(18)25)14-22(26)15-7-3-1-4-8-15/h1,3-4,7-8,11-13,18-19H,2,5-6,9-10,14H2. The SMILES string of the molecule is O=C(CC(c1ccc(Cl)cc1Cl)C1CCCCCC1=O)c1ccccc1. The summed E-state index contributed by atoms with van der Waals surface area (Å²) in [7, 11) is 0. The first-order valence-electron chi connectivity index (χ1n) is 9.12. The van der Waals surface area contributed by atoms with Gasteiger partial charge in [0.2, 0.25) is 0 Å². The lowest BCUT2D eigenvalue weighted by Crippen LogP contribution is -2.24. The second-order valence-corrected chi connectivity index (χ2v) is 7.78. The van der Waals surface area contributed by atoms with Crippen molar-refractivity contribution in [1.82, 2.24) is 0 Å². The molecule has 0 spiro atoms. The van der Waals surface area contributed by atoms with Crippen LogP contribution in [0.25, 0.3) is 0 Å². The average Bonchev–Trinajstić information content (AvgIpc) is 2.85. The van der Waals surface area contributed by atoms with Gasteiger partial charge in [-0.2, -0.15) is 0 Å². The van der Waals surface area contributed by atoms with Crippen LogP contribution in [0.5, 0.6) is 0 Å². The molecule has 3 rings (SSSR count). The van der Waals surface area contributed by atoms with Gasteiger partial charge in [0.05, 0.1) is 0 Å². The summed E-state index contributed by atoms with van der Waals surface area (Å²) in [5, 5.41) is 1.08. The molecule has 2 aromatic rings. The third-order valence-corrected chi connectivity index (χ3v) is 5.76. The Kier molecular flexibility index (Phi) is 6.50. The van der Waals surface area contributed by atoms with E-state index in [0.717, 1.165) is 31.2 Å². The first kappa shape index (κ1) is 19.1. The van der Waals surface area contributed by atoms with E-state index < -0.39 is 0 Å². The highest BCUT2D eigenvalue weighted by Gasteiger charge is 2.33. The van der Waals surface area contributed by atoms with Crippen molar-refractivity contribution in [2.75, 3.05) is 0 Å². The van der Waals surface area contributed by atoms with Crippen LogP contribution in [0.4, 0.5) is 0 Å². The Bertz CT molecular complexity index is 786. The lowest BCUT2D eigenvalue weighted by molar-refractivity contribution is -0.123. The van der Waals surface area contributed by atoms with Gasteiger partial charge in [0.25, 0.3) is 0 Å². The zero-order chi connectivity index (χ0) is 18.5. The van der Waals surface area contributed by atoms with Gasteiger partial charge in [-0.1, -0.05) is 72.4 Å². The van der Waals surface area contributed by atoms with Crippen molar-refractivity contribution >= 4 is 34.8 Å². The van der Waals surface area contributed by atoms with E-state index in [1.54, 1.807) is 12.1 Å². The van der Waals surface area contributed by atoms with Crippen LogP contribution in [0.3, 0.4) is 0 Å². The van der Waals surface area contributed by atoms with Crippen LogP contribution in [-0.4, -0.2) is 11.6 Å². The van der Waals surface area contributed by atoms with E-state index in [0.29, 0.717) is 22.0 Å². The summed E-state index contributed by atoms with van der Waals surface area (Å²) in [5.74, 6) is -0.0834. The second-order valence-electron chi connectivity index (χ2n) is 6.94. The normalized spacial score (nSPS) is 19.0. The first-order chi connectivity index (χ1) is 12.6. The van der Waals surface area contributed by atoms with Gasteiger partial charge in [-0.3, -0.25) is 9.59 Å². The summed E-state index contributed by atoms with van der Waals surface area (Å²) < 4.78 is 0. The maximum absolute atomic E-state index is 12.9. The van der Waals surface area contributed by atoms with Gasteiger partial charge in [-0.15, -0.1) is 0 Å². The van der Waals surface area contributed by atoms with Crippen LogP contribution < -0.4 is 0 Å². The van der Waals surface area contributed by atoms with Crippen LogP contribution in [0.15, 0.2) is 48.5 Å². The highest BCUT2D eigenvalue weighted by atomic mass is 35.5. The van der Waals surface area contributed by atoms with Crippen LogP contribution in [-0.2, 0) is 4.79 Å². The second kappa shape index (κ2) is 8.83. The van der Waals surface area contributed by atoms with E-state index in [-0.39, 0.29) is 29.8 Å².